The number of rotatable bonds is 2. The van der Waals surface area contributed by atoms with E-state index in [2.05, 4.69) is 32.1 Å². The summed E-state index contributed by atoms with van der Waals surface area (Å²) in [4.78, 5) is 23.8. The van der Waals surface area contributed by atoms with E-state index in [9.17, 15) is 9.59 Å². The summed E-state index contributed by atoms with van der Waals surface area (Å²) in [6.45, 7) is 0.123. The maximum Gasteiger partial charge on any atom is 0.419 e. The Bertz CT molecular complexity index is 406. The molecule has 0 N–H and O–H groups in total. The number of hydrogen-bond donors (Lipinski definition) is 0. The lowest BCUT2D eigenvalue weighted by atomic mass is 10.2. The van der Waals surface area contributed by atoms with E-state index in [1.807, 2.05) is 24.3 Å². The number of methoxy groups -OCH3 is 2. The number of carbonyl (C=O) groups excluding carboxylic acids is 2. The molecule has 0 aromatic heterocycles. The van der Waals surface area contributed by atoms with Crippen LogP contribution in [0.1, 0.15) is 5.56 Å². The Morgan fingerprint density at radius 2 is 1.71 bits per heavy atom. The zero-order valence-corrected chi connectivity index (χ0v) is 11.6. The fourth-order valence-corrected chi connectivity index (χ4v) is 1.78. The zero-order chi connectivity index (χ0) is 12.8. The molecule has 0 bridgehead atoms. The highest BCUT2D eigenvalue weighted by atomic mass is 127. The molecule has 0 saturated heterocycles. The zero-order valence-electron chi connectivity index (χ0n) is 9.47. The largest absolute Gasteiger partial charge is 0.452 e. The topological polar surface area (TPSA) is 55.8 Å². The van der Waals surface area contributed by atoms with E-state index >= 15 is 0 Å². The summed E-state index contributed by atoms with van der Waals surface area (Å²) in [6, 6.07) is 7.44. The molecule has 0 aliphatic carbocycles. The molecule has 1 rings (SSSR count). The Kier molecular flexibility index (Phi) is 5.20. The molecule has 0 unspecified atom stereocenters. The van der Waals surface area contributed by atoms with E-state index in [0.29, 0.717) is 0 Å². The van der Waals surface area contributed by atoms with Gasteiger partial charge in [-0.3, -0.25) is 0 Å². The predicted molar refractivity (Wildman–Crippen MR) is 69.5 cm³/mol. The first-order valence-corrected chi connectivity index (χ1v) is 5.85. The number of hydrogen-bond acceptors (Lipinski definition) is 4. The van der Waals surface area contributed by atoms with E-state index in [1.54, 1.807) is 0 Å². The number of ether oxygens (including phenoxy) is 2. The van der Waals surface area contributed by atoms with Gasteiger partial charge in [-0.1, -0.05) is 18.2 Å². The SMILES string of the molecule is COC(=O)N(Cc1ccccc1I)C(=O)OC. The Hall–Kier alpha value is -1.31. The molecular weight excluding hydrogens is 337 g/mol. The van der Waals surface area contributed by atoms with Crippen LogP contribution in [0.15, 0.2) is 24.3 Å². The molecule has 0 aliphatic heterocycles. The summed E-state index contributed by atoms with van der Waals surface area (Å²) in [5.74, 6) is 0. The highest BCUT2D eigenvalue weighted by Crippen LogP contribution is 2.15. The second kappa shape index (κ2) is 6.43. The maximum atomic E-state index is 11.4. The van der Waals surface area contributed by atoms with Crippen molar-refractivity contribution in [1.29, 1.82) is 0 Å². The normalized spacial score (nSPS) is 9.59. The molecule has 0 spiro atoms. The van der Waals surface area contributed by atoms with Crippen LogP contribution >= 0.6 is 22.6 Å². The van der Waals surface area contributed by atoms with Crippen molar-refractivity contribution in [2.75, 3.05) is 14.2 Å². The number of halogens is 1. The quantitative estimate of drug-likeness (QED) is 0.771. The van der Waals surface area contributed by atoms with Crippen molar-refractivity contribution in [2.45, 2.75) is 6.54 Å². The summed E-state index contributed by atoms with van der Waals surface area (Å²) < 4.78 is 10.0. The first-order chi connectivity index (χ1) is 8.10. The molecule has 6 heteroatoms. The van der Waals surface area contributed by atoms with Gasteiger partial charge in [-0.25, -0.2) is 14.5 Å². The Balaban J connectivity index is 2.91. The first kappa shape index (κ1) is 13.8. The molecular formula is C11H12INO4. The highest BCUT2D eigenvalue weighted by molar-refractivity contribution is 14.1. The minimum atomic E-state index is -0.739. The van der Waals surface area contributed by atoms with Gasteiger partial charge in [0, 0.05) is 3.57 Å². The Morgan fingerprint density at radius 3 is 2.18 bits per heavy atom. The molecule has 0 heterocycles. The summed E-state index contributed by atoms with van der Waals surface area (Å²) in [7, 11) is 2.43. The van der Waals surface area contributed by atoms with Gasteiger partial charge in [-0.05, 0) is 34.2 Å². The van der Waals surface area contributed by atoms with Gasteiger partial charge in [0.2, 0.25) is 0 Å². The number of carbonyl (C=O) groups is 2. The van der Waals surface area contributed by atoms with Crippen molar-refractivity contribution in [2.24, 2.45) is 0 Å². The van der Waals surface area contributed by atoms with E-state index < -0.39 is 12.2 Å². The number of amides is 2. The lowest BCUT2D eigenvalue weighted by molar-refractivity contribution is 0.0960. The number of imide groups is 1. The van der Waals surface area contributed by atoms with Gasteiger partial charge in [-0.2, -0.15) is 0 Å². The van der Waals surface area contributed by atoms with Crippen molar-refractivity contribution >= 4 is 34.8 Å². The van der Waals surface area contributed by atoms with E-state index in [-0.39, 0.29) is 6.54 Å². The van der Waals surface area contributed by atoms with Crippen molar-refractivity contribution in [3.05, 3.63) is 33.4 Å². The second-order valence-electron chi connectivity index (χ2n) is 3.12. The van der Waals surface area contributed by atoms with Gasteiger partial charge in [0.1, 0.15) is 0 Å². The molecule has 92 valence electrons. The van der Waals surface area contributed by atoms with Crippen LogP contribution in [0.5, 0.6) is 0 Å². The summed E-state index contributed by atoms with van der Waals surface area (Å²) >= 11 is 2.13. The molecule has 0 aliphatic rings. The maximum absolute atomic E-state index is 11.4. The molecule has 5 nitrogen and oxygen atoms in total. The van der Waals surface area contributed by atoms with Crippen molar-refractivity contribution in [3.8, 4) is 0 Å². The molecule has 0 atom stereocenters. The molecule has 0 saturated carbocycles. The second-order valence-corrected chi connectivity index (χ2v) is 4.28. The number of benzene rings is 1. The third-order valence-electron chi connectivity index (χ3n) is 2.08. The summed E-state index contributed by atoms with van der Waals surface area (Å²) in [6.07, 6.45) is -1.48. The fraction of sp³-hybridized carbons (Fsp3) is 0.273. The summed E-state index contributed by atoms with van der Waals surface area (Å²) in [5, 5.41) is 0. The van der Waals surface area contributed by atoms with Gasteiger partial charge in [0.25, 0.3) is 0 Å². The smallest absolute Gasteiger partial charge is 0.419 e. The van der Waals surface area contributed by atoms with Crippen molar-refractivity contribution in [3.63, 3.8) is 0 Å². The molecule has 0 radical (unpaired) electrons. The monoisotopic (exact) mass is 349 g/mol. The molecule has 1 aromatic rings. The predicted octanol–water partition coefficient (Wildman–Crippen LogP) is 2.63. The minimum absolute atomic E-state index is 0.123. The van der Waals surface area contributed by atoms with Crippen LogP contribution in [0.25, 0.3) is 0 Å². The fourth-order valence-electron chi connectivity index (χ4n) is 1.22. The minimum Gasteiger partial charge on any atom is -0.452 e. The third kappa shape index (κ3) is 3.58. The van der Waals surface area contributed by atoms with Gasteiger partial charge in [-0.15, -0.1) is 0 Å². The van der Waals surface area contributed by atoms with Crippen molar-refractivity contribution < 1.29 is 19.1 Å². The van der Waals surface area contributed by atoms with Crippen LogP contribution in [0.2, 0.25) is 0 Å². The summed E-state index contributed by atoms with van der Waals surface area (Å²) in [5.41, 5.74) is 0.851. The molecule has 0 fully saturated rings. The molecule has 17 heavy (non-hydrogen) atoms. The molecule has 2 amide bonds. The van der Waals surface area contributed by atoms with Gasteiger partial charge < -0.3 is 9.47 Å². The van der Waals surface area contributed by atoms with Crippen LogP contribution in [0.3, 0.4) is 0 Å². The van der Waals surface area contributed by atoms with Gasteiger partial charge in [0.05, 0.1) is 20.8 Å². The third-order valence-corrected chi connectivity index (χ3v) is 3.13. The van der Waals surface area contributed by atoms with Gasteiger partial charge >= 0.3 is 12.2 Å². The average molecular weight is 349 g/mol. The van der Waals surface area contributed by atoms with E-state index in [1.165, 1.54) is 14.2 Å². The van der Waals surface area contributed by atoms with Crippen LogP contribution < -0.4 is 0 Å². The lowest BCUT2D eigenvalue weighted by Crippen LogP contribution is -2.36. The van der Waals surface area contributed by atoms with E-state index in [4.69, 9.17) is 0 Å². The van der Waals surface area contributed by atoms with Crippen LogP contribution in [-0.4, -0.2) is 31.3 Å². The Labute approximate surface area is 113 Å². The van der Waals surface area contributed by atoms with Crippen LogP contribution in [0.4, 0.5) is 9.59 Å². The van der Waals surface area contributed by atoms with Crippen LogP contribution in [0, 0.1) is 3.57 Å². The number of nitrogens with zero attached hydrogens (tertiary/aromatic N) is 1. The first-order valence-electron chi connectivity index (χ1n) is 4.77. The lowest BCUT2D eigenvalue weighted by Gasteiger charge is -2.18. The highest BCUT2D eigenvalue weighted by Gasteiger charge is 2.23. The van der Waals surface area contributed by atoms with Crippen LogP contribution in [-0.2, 0) is 16.0 Å². The van der Waals surface area contributed by atoms with Crippen molar-refractivity contribution in [1.82, 2.24) is 4.90 Å². The standard InChI is InChI=1S/C11H12INO4/c1-16-10(14)13(11(15)17-2)7-8-5-3-4-6-9(8)12/h3-6H,7H2,1-2H3. The average Bonchev–Trinajstić information content (AvgIpc) is 2.36. The van der Waals surface area contributed by atoms with E-state index in [0.717, 1.165) is 14.0 Å². The molecule has 1 aromatic carbocycles. The Morgan fingerprint density at radius 1 is 1.18 bits per heavy atom. The van der Waals surface area contributed by atoms with Gasteiger partial charge in [0.15, 0.2) is 0 Å².